The normalized spacial score (nSPS) is 9.47. The number of carboxylic acids is 1. The lowest BCUT2D eigenvalue weighted by Crippen LogP contribution is -2.31. The molecule has 0 saturated heterocycles. The fraction of sp³-hybridized carbons (Fsp3) is 0.167. The standard InChI is InChI=1S/C12H14N2O3/c1-3-7-14(2)12(17)13-10-6-4-5-9(8-10)11(15)16/h3-6,8H,1,7H2,2H3,(H,13,17)(H,15,16). The molecule has 2 N–H and O–H groups in total. The molecule has 0 saturated carbocycles. The third kappa shape index (κ3) is 3.64. The number of carboxylic acid groups (broad SMARTS) is 1. The molecule has 0 aliphatic heterocycles. The quantitative estimate of drug-likeness (QED) is 0.783. The Hall–Kier alpha value is -2.30. The highest BCUT2D eigenvalue weighted by atomic mass is 16.4. The van der Waals surface area contributed by atoms with Crippen molar-refractivity contribution in [2.75, 3.05) is 18.9 Å². The summed E-state index contributed by atoms with van der Waals surface area (Å²) in [5.74, 6) is -1.03. The molecule has 0 fully saturated rings. The summed E-state index contributed by atoms with van der Waals surface area (Å²) in [6, 6.07) is 5.76. The maximum Gasteiger partial charge on any atom is 0.335 e. The highest BCUT2D eigenvalue weighted by Crippen LogP contribution is 2.11. The molecule has 0 aromatic heterocycles. The summed E-state index contributed by atoms with van der Waals surface area (Å²) >= 11 is 0. The minimum absolute atomic E-state index is 0.133. The predicted octanol–water partition coefficient (Wildman–Crippen LogP) is 2.03. The number of aromatic carboxylic acids is 1. The van der Waals surface area contributed by atoms with Gasteiger partial charge in [-0.3, -0.25) is 0 Å². The van der Waals surface area contributed by atoms with Crippen molar-refractivity contribution in [3.63, 3.8) is 0 Å². The first-order valence-electron chi connectivity index (χ1n) is 5.01. The highest BCUT2D eigenvalue weighted by molar-refractivity contribution is 5.93. The Bertz CT molecular complexity index is 443. The topological polar surface area (TPSA) is 69.6 Å². The van der Waals surface area contributed by atoms with Gasteiger partial charge in [-0.1, -0.05) is 12.1 Å². The van der Waals surface area contributed by atoms with Crippen molar-refractivity contribution >= 4 is 17.7 Å². The van der Waals surface area contributed by atoms with Crippen molar-refractivity contribution in [2.24, 2.45) is 0 Å². The molecule has 0 aliphatic rings. The number of rotatable bonds is 4. The summed E-state index contributed by atoms with van der Waals surface area (Å²) in [7, 11) is 1.62. The Morgan fingerprint density at radius 1 is 1.53 bits per heavy atom. The lowest BCUT2D eigenvalue weighted by Gasteiger charge is -2.15. The molecule has 2 amide bonds. The Morgan fingerprint density at radius 2 is 2.24 bits per heavy atom. The van der Waals surface area contributed by atoms with Crippen LogP contribution < -0.4 is 5.32 Å². The summed E-state index contributed by atoms with van der Waals surface area (Å²) in [5, 5.41) is 11.4. The van der Waals surface area contributed by atoms with E-state index in [0.29, 0.717) is 12.2 Å². The molecule has 5 nitrogen and oxygen atoms in total. The molecule has 0 atom stereocenters. The van der Waals surface area contributed by atoms with Gasteiger partial charge in [0.2, 0.25) is 0 Å². The van der Waals surface area contributed by atoms with E-state index in [-0.39, 0.29) is 11.6 Å². The molecule has 0 aliphatic carbocycles. The van der Waals surface area contributed by atoms with Crippen LogP contribution in [0.5, 0.6) is 0 Å². The first kappa shape index (κ1) is 12.8. The third-order valence-corrected chi connectivity index (χ3v) is 2.11. The lowest BCUT2D eigenvalue weighted by molar-refractivity contribution is 0.0697. The van der Waals surface area contributed by atoms with Crippen LogP contribution in [0.1, 0.15) is 10.4 Å². The van der Waals surface area contributed by atoms with Crippen molar-refractivity contribution in [1.82, 2.24) is 4.90 Å². The van der Waals surface area contributed by atoms with E-state index in [1.165, 1.54) is 17.0 Å². The Morgan fingerprint density at radius 3 is 2.82 bits per heavy atom. The van der Waals surface area contributed by atoms with Gasteiger partial charge in [-0.05, 0) is 18.2 Å². The molecule has 17 heavy (non-hydrogen) atoms. The van der Waals surface area contributed by atoms with E-state index in [4.69, 9.17) is 5.11 Å². The van der Waals surface area contributed by atoms with Gasteiger partial charge in [0.05, 0.1) is 5.56 Å². The van der Waals surface area contributed by atoms with Crippen LogP contribution in [0.25, 0.3) is 0 Å². The number of carbonyl (C=O) groups excluding carboxylic acids is 1. The number of likely N-dealkylation sites (N-methyl/N-ethyl adjacent to an activating group) is 1. The van der Waals surface area contributed by atoms with Crippen LogP contribution in [0, 0.1) is 0 Å². The first-order valence-corrected chi connectivity index (χ1v) is 5.01. The number of urea groups is 1. The van der Waals surface area contributed by atoms with Crippen molar-refractivity contribution in [3.05, 3.63) is 42.5 Å². The maximum atomic E-state index is 11.6. The van der Waals surface area contributed by atoms with Crippen LogP contribution in [0.3, 0.4) is 0 Å². The molecular formula is C12H14N2O3. The monoisotopic (exact) mass is 234 g/mol. The average Bonchev–Trinajstić information content (AvgIpc) is 2.29. The van der Waals surface area contributed by atoms with Crippen LogP contribution in [-0.2, 0) is 0 Å². The van der Waals surface area contributed by atoms with E-state index in [0.717, 1.165) is 0 Å². The molecule has 0 unspecified atom stereocenters. The fourth-order valence-electron chi connectivity index (χ4n) is 1.23. The van der Waals surface area contributed by atoms with Gasteiger partial charge in [-0.25, -0.2) is 9.59 Å². The zero-order chi connectivity index (χ0) is 12.8. The van der Waals surface area contributed by atoms with Gasteiger partial charge in [0.25, 0.3) is 0 Å². The van der Waals surface area contributed by atoms with Crippen molar-refractivity contribution < 1.29 is 14.7 Å². The van der Waals surface area contributed by atoms with Crippen molar-refractivity contribution in [3.8, 4) is 0 Å². The van der Waals surface area contributed by atoms with E-state index in [2.05, 4.69) is 11.9 Å². The summed E-state index contributed by atoms with van der Waals surface area (Å²) in [5.41, 5.74) is 0.583. The molecular weight excluding hydrogens is 220 g/mol. The highest BCUT2D eigenvalue weighted by Gasteiger charge is 2.08. The molecule has 1 aromatic rings. The maximum absolute atomic E-state index is 11.6. The minimum Gasteiger partial charge on any atom is -0.478 e. The molecule has 5 heteroatoms. The average molecular weight is 234 g/mol. The molecule has 0 heterocycles. The van der Waals surface area contributed by atoms with E-state index >= 15 is 0 Å². The van der Waals surface area contributed by atoms with E-state index in [9.17, 15) is 9.59 Å². The fourth-order valence-corrected chi connectivity index (χ4v) is 1.23. The van der Waals surface area contributed by atoms with Gasteiger partial charge >= 0.3 is 12.0 Å². The van der Waals surface area contributed by atoms with E-state index in [1.54, 1.807) is 25.3 Å². The molecule has 1 aromatic carbocycles. The predicted molar refractivity (Wildman–Crippen MR) is 65.2 cm³/mol. The summed E-state index contributed by atoms with van der Waals surface area (Å²) in [6.45, 7) is 3.95. The van der Waals surface area contributed by atoms with Crippen molar-refractivity contribution in [1.29, 1.82) is 0 Å². The minimum atomic E-state index is -1.03. The van der Waals surface area contributed by atoms with Crippen LogP contribution in [-0.4, -0.2) is 35.6 Å². The van der Waals surface area contributed by atoms with Crippen LogP contribution in [0.4, 0.5) is 10.5 Å². The number of hydrogen-bond donors (Lipinski definition) is 2. The number of nitrogens with zero attached hydrogens (tertiary/aromatic N) is 1. The second kappa shape index (κ2) is 5.69. The SMILES string of the molecule is C=CCN(C)C(=O)Nc1cccc(C(=O)O)c1. The Labute approximate surface area is 99.4 Å². The Balaban J connectivity index is 2.74. The van der Waals surface area contributed by atoms with Gasteiger partial charge in [0.15, 0.2) is 0 Å². The number of carbonyl (C=O) groups is 2. The second-order valence-corrected chi connectivity index (χ2v) is 3.49. The zero-order valence-corrected chi connectivity index (χ0v) is 9.51. The van der Waals surface area contributed by atoms with Gasteiger partial charge in [0, 0.05) is 19.3 Å². The van der Waals surface area contributed by atoms with Crippen LogP contribution >= 0.6 is 0 Å². The Kier molecular flexibility index (Phi) is 4.28. The van der Waals surface area contributed by atoms with E-state index < -0.39 is 5.97 Å². The zero-order valence-electron chi connectivity index (χ0n) is 9.51. The number of benzene rings is 1. The number of hydrogen-bond acceptors (Lipinski definition) is 2. The molecule has 0 spiro atoms. The third-order valence-electron chi connectivity index (χ3n) is 2.11. The molecule has 0 bridgehead atoms. The van der Waals surface area contributed by atoms with Crippen LogP contribution in [0.2, 0.25) is 0 Å². The summed E-state index contributed by atoms with van der Waals surface area (Å²) in [6.07, 6.45) is 1.60. The summed E-state index contributed by atoms with van der Waals surface area (Å²) < 4.78 is 0. The first-order chi connectivity index (χ1) is 8.04. The largest absolute Gasteiger partial charge is 0.478 e. The summed E-state index contributed by atoms with van der Waals surface area (Å²) in [4.78, 5) is 23.8. The second-order valence-electron chi connectivity index (χ2n) is 3.49. The number of amides is 2. The van der Waals surface area contributed by atoms with Gasteiger partial charge in [-0.2, -0.15) is 0 Å². The van der Waals surface area contributed by atoms with E-state index in [1.807, 2.05) is 0 Å². The van der Waals surface area contributed by atoms with Crippen LogP contribution in [0.15, 0.2) is 36.9 Å². The molecule has 0 radical (unpaired) electrons. The van der Waals surface area contributed by atoms with Gasteiger partial charge in [0.1, 0.15) is 0 Å². The van der Waals surface area contributed by atoms with Gasteiger partial charge < -0.3 is 15.3 Å². The molecule has 90 valence electrons. The molecule has 1 rings (SSSR count). The smallest absolute Gasteiger partial charge is 0.335 e. The van der Waals surface area contributed by atoms with Gasteiger partial charge in [-0.15, -0.1) is 6.58 Å². The number of anilines is 1. The number of nitrogens with one attached hydrogen (secondary N) is 1. The van der Waals surface area contributed by atoms with Crippen molar-refractivity contribution in [2.45, 2.75) is 0 Å². The lowest BCUT2D eigenvalue weighted by atomic mass is 10.2.